The molecule has 1 rings (SSSR count). The van der Waals surface area contributed by atoms with E-state index in [-0.39, 0.29) is 12.2 Å². The molecule has 0 saturated carbocycles. The molecular formula is C5H5NO3. The molecule has 1 aliphatic heterocycles. The smallest absolute Gasteiger partial charge is 0.257 e. The van der Waals surface area contributed by atoms with Gasteiger partial charge in [-0.25, -0.2) is 0 Å². The molecule has 0 aliphatic carbocycles. The molecule has 48 valence electrons. The molecule has 1 amide bonds. The van der Waals surface area contributed by atoms with E-state index in [9.17, 15) is 9.59 Å². The summed E-state index contributed by atoms with van der Waals surface area (Å²) in [4.78, 5) is 20.8. The number of hydrogen-bond donors (Lipinski definition) is 1. The molecule has 0 atom stereocenters. The Morgan fingerprint density at radius 2 is 2.22 bits per heavy atom. The molecule has 0 saturated heterocycles. The van der Waals surface area contributed by atoms with Crippen LogP contribution in [0.4, 0.5) is 0 Å². The number of hydrogen-bond acceptors (Lipinski definition) is 3. The van der Waals surface area contributed by atoms with Gasteiger partial charge in [-0.15, -0.1) is 0 Å². The van der Waals surface area contributed by atoms with Gasteiger partial charge < -0.3 is 0 Å². The first kappa shape index (κ1) is 5.97. The maximum Gasteiger partial charge on any atom is 0.257 e. The molecule has 0 aromatic rings. The third-order valence-corrected chi connectivity index (χ3v) is 0.983. The summed E-state index contributed by atoms with van der Waals surface area (Å²) in [7, 11) is 0. The van der Waals surface area contributed by atoms with Crippen LogP contribution in [0.5, 0.6) is 0 Å². The van der Waals surface area contributed by atoms with E-state index in [1.54, 1.807) is 0 Å². The predicted octanol–water partition coefficient (Wildman–Crippen LogP) is -0.309. The van der Waals surface area contributed by atoms with Gasteiger partial charge in [0.2, 0.25) is 0 Å². The minimum atomic E-state index is -0.581. The predicted molar refractivity (Wildman–Crippen MR) is 27.4 cm³/mol. The summed E-state index contributed by atoms with van der Waals surface area (Å²) in [6.07, 6.45) is 1.96. The SMILES string of the molecule is O=C1C=CN(O)C(=O)C1. The first-order valence-electron chi connectivity index (χ1n) is 2.42. The largest absolute Gasteiger partial charge is 0.294 e. The molecule has 4 heteroatoms. The summed E-state index contributed by atoms with van der Waals surface area (Å²) in [5.74, 6) is -0.854. The van der Waals surface area contributed by atoms with Crippen molar-refractivity contribution in [1.29, 1.82) is 0 Å². The van der Waals surface area contributed by atoms with Gasteiger partial charge in [0.05, 0.1) is 6.42 Å². The number of carbonyl (C=O) groups is 2. The van der Waals surface area contributed by atoms with Crippen LogP contribution >= 0.6 is 0 Å². The van der Waals surface area contributed by atoms with E-state index >= 15 is 0 Å². The average Bonchev–Trinajstić information content (AvgIpc) is 1.80. The molecule has 0 aromatic carbocycles. The molecule has 9 heavy (non-hydrogen) atoms. The van der Waals surface area contributed by atoms with Crippen molar-refractivity contribution in [1.82, 2.24) is 5.06 Å². The van der Waals surface area contributed by atoms with Crippen molar-refractivity contribution < 1.29 is 14.8 Å². The first-order chi connectivity index (χ1) is 4.20. The summed E-state index contributed by atoms with van der Waals surface area (Å²) >= 11 is 0. The van der Waals surface area contributed by atoms with Crippen molar-refractivity contribution in [2.75, 3.05) is 0 Å². The maximum absolute atomic E-state index is 10.4. The Hall–Kier alpha value is -1.16. The average molecular weight is 127 g/mol. The Morgan fingerprint density at radius 3 is 2.67 bits per heavy atom. The zero-order chi connectivity index (χ0) is 6.85. The summed E-state index contributed by atoms with van der Waals surface area (Å²) in [6.45, 7) is 0. The Bertz CT molecular complexity index is 185. The molecule has 0 bridgehead atoms. The fourth-order valence-electron chi connectivity index (χ4n) is 0.526. The quantitative estimate of drug-likeness (QED) is 0.358. The summed E-state index contributed by atoms with van der Waals surface area (Å²) in [6, 6.07) is 0. The van der Waals surface area contributed by atoms with Crippen molar-refractivity contribution in [3.8, 4) is 0 Å². The molecule has 1 aliphatic rings. The first-order valence-corrected chi connectivity index (χ1v) is 2.42. The topological polar surface area (TPSA) is 57.6 Å². The minimum absolute atomic E-state index is 0.229. The van der Waals surface area contributed by atoms with Crippen LogP contribution in [0.1, 0.15) is 6.42 Å². The van der Waals surface area contributed by atoms with Gasteiger partial charge >= 0.3 is 0 Å². The second-order valence-electron chi connectivity index (χ2n) is 1.70. The Balaban J connectivity index is 2.76. The lowest BCUT2D eigenvalue weighted by atomic mass is 10.2. The number of nitrogens with zero attached hydrogens (tertiary/aromatic N) is 1. The molecule has 4 nitrogen and oxygen atoms in total. The van der Waals surface area contributed by atoms with Crippen molar-refractivity contribution in [2.24, 2.45) is 0 Å². The van der Waals surface area contributed by atoms with Crippen LogP contribution in [-0.2, 0) is 9.59 Å². The van der Waals surface area contributed by atoms with Crippen molar-refractivity contribution in [3.63, 3.8) is 0 Å². The van der Waals surface area contributed by atoms with Gasteiger partial charge in [0.15, 0.2) is 5.78 Å². The highest BCUT2D eigenvalue weighted by Gasteiger charge is 2.16. The van der Waals surface area contributed by atoms with Gasteiger partial charge in [-0.2, -0.15) is 5.06 Å². The van der Waals surface area contributed by atoms with E-state index in [2.05, 4.69) is 0 Å². The fraction of sp³-hybridized carbons (Fsp3) is 0.200. The van der Waals surface area contributed by atoms with Crippen LogP contribution in [0.3, 0.4) is 0 Å². The van der Waals surface area contributed by atoms with E-state index < -0.39 is 5.91 Å². The summed E-state index contributed by atoms with van der Waals surface area (Å²) in [5.41, 5.74) is 0. The normalized spacial score (nSPS) is 19.0. The molecule has 0 radical (unpaired) electrons. The molecule has 0 aromatic heterocycles. The number of amides is 1. The van der Waals surface area contributed by atoms with Gasteiger partial charge in [-0.3, -0.25) is 14.8 Å². The standard InChI is InChI=1S/C5H5NO3/c7-4-1-2-6(9)5(8)3-4/h1-2,9H,3H2. The number of ketones is 1. The Morgan fingerprint density at radius 1 is 1.56 bits per heavy atom. The summed E-state index contributed by atoms with van der Waals surface area (Å²) < 4.78 is 0. The maximum atomic E-state index is 10.4. The van der Waals surface area contributed by atoms with E-state index in [1.165, 1.54) is 0 Å². The molecule has 0 fully saturated rings. The zero-order valence-electron chi connectivity index (χ0n) is 4.57. The van der Waals surface area contributed by atoms with E-state index in [0.717, 1.165) is 12.3 Å². The lowest BCUT2D eigenvalue weighted by Crippen LogP contribution is -2.27. The molecular weight excluding hydrogens is 122 g/mol. The molecule has 1 heterocycles. The molecule has 0 unspecified atom stereocenters. The van der Waals surface area contributed by atoms with Crippen LogP contribution < -0.4 is 0 Å². The van der Waals surface area contributed by atoms with E-state index in [0.29, 0.717) is 5.06 Å². The zero-order valence-corrected chi connectivity index (χ0v) is 4.57. The van der Waals surface area contributed by atoms with Crippen molar-refractivity contribution >= 4 is 11.7 Å². The van der Waals surface area contributed by atoms with Crippen molar-refractivity contribution in [2.45, 2.75) is 6.42 Å². The molecule has 0 spiro atoms. The van der Waals surface area contributed by atoms with Gasteiger partial charge in [0, 0.05) is 12.3 Å². The highest BCUT2D eigenvalue weighted by atomic mass is 16.5. The highest BCUT2D eigenvalue weighted by molar-refractivity contribution is 6.05. The minimum Gasteiger partial charge on any atom is -0.294 e. The molecule has 1 N–H and O–H groups in total. The number of hydroxylamine groups is 2. The van der Waals surface area contributed by atoms with Crippen LogP contribution in [0, 0.1) is 0 Å². The van der Waals surface area contributed by atoms with Gasteiger partial charge in [-0.05, 0) is 0 Å². The second kappa shape index (κ2) is 1.99. The Labute approximate surface area is 51.3 Å². The highest BCUT2D eigenvalue weighted by Crippen LogP contribution is 2.00. The second-order valence-corrected chi connectivity index (χ2v) is 1.70. The third-order valence-electron chi connectivity index (χ3n) is 0.983. The van der Waals surface area contributed by atoms with E-state index in [1.807, 2.05) is 0 Å². The third kappa shape index (κ3) is 1.14. The van der Waals surface area contributed by atoms with Crippen LogP contribution in [0.15, 0.2) is 12.3 Å². The van der Waals surface area contributed by atoms with Crippen LogP contribution in [0.2, 0.25) is 0 Å². The number of carbonyl (C=O) groups excluding carboxylic acids is 2. The fourth-order valence-corrected chi connectivity index (χ4v) is 0.526. The van der Waals surface area contributed by atoms with Gasteiger partial charge in [0.1, 0.15) is 0 Å². The van der Waals surface area contributed by atoms with Gasteiger partial charge in [0.25, 0.3) is 5.91 Å². The van der Waals surface area contributed by atoms with E-state index in [4.69, 9.17) is 5.21 Å². The Kier molecular flexibility index (Phi) is 1.32. The number of allylic oxidation sites excluding steroid dienone is 1. The van der Waals surface area contributed by atoms with Crippen LogP contribution in [-0.4, -0.2) is 22.0 Å². The lowest BCUT2D eigenvalue weighted by molar-refractivity contribution is -0.156. The van der Waals surface area contributed by atoms with Gasteiger partial charge in [-0.1, -0.05) is 0 Å². The lowest BCUT2D eigenvalue weighted by Gasteiger charge is -2.11. The number of rotatable bonds is 0. The summed E-state index contributed by atoms with van der Waals surface area (Å²) in [5, 5.41) is 8.94. The van der Waals surface area contributed by atoms with Crippen LogP contribution in [0.25, 0.3) is 0 Å². The van der Waals surface area contributed by atoms with Crippen molar-refractivity contribution in [3.05, 3.63) is 12.3 Å². The monoisotopic (exact) mass is 127 g/mol.